The first-order valence-corrected chi connectivity index (χ1v) is 14.2. The van der Waals surface area contributed by atoms with E-state index in [0.29, 0.717) is 12.1 Å². The molecule has 1 aliphatic carbocycles. The highest BCUT2D eigenvalue weighted by atomic mass is 16.5. The van der Waals surface area contributed by atoms with Crippen molar-refractivity contribution >= 4 is 0 Å². The van der Waals surface area contributed by atoms with Crippen molar-refractivity contribution in [3.05, 3.63) is 0 Å². The molecule has 1 saturated heterocycles. The predicted octanol–water partition coefficient (Wildman–Crippen LogP) is 7.19. The number of nitrogens with zero attached hydrogens (tertiary/aromatic N) is 1. The van der Waals surface area contributed by atoms with Crippen molar-refractivity contribution in [1.82, 2.24) is 10.2 Å². The summed E-state index contributed by atoms with van der Waals surface area (Å²) in [7, 11) is 0. The molecule has 3 heteroatoms. The van der Waals surface area contributed by atoms with Crippen LogP contribution in [0.3, 0.4) is 0 Å². The van der Waals surface area contributed by atoms with Crippen molar-refractivity contribution in [3.8, 4) is 0 Å². The highest BCUT2D eigenvalue weighted by Crippen LogP contribution is 2.27. The van der Waals surface area contributed by atoms with Crippen molar-refractivity contribution in [2.75, 3.05) is 26.2 Å². The van der Waals surface area contributed by atoms with Gasteiger partial charge in [0.15, 0.2) is 0 Å². The smallest absolute Gasteiger partial charge is 0.0605 e. The first kappa shape index (κ1) is 27.1. The van der Waals surface area contributed by atoms with Gasteiger partial charge in [0, 0.05) is 25.2 Å². The van der Waals surface area contributed by atoms with Crippen LogP contribution in [0.15, 0.2) is 0 Å². The van der Waals surface area contributed by atoms with Gasteiger partial charge in [-0.1, -0.05) is 79.1 Å². The molecular formula is C28H56N2O. The zero-order valence-electron chi connectivity index (χ0n) is 21.7. The monoisotopic (exact) mass is 436 g/mol. The van der Waals surface area contributed by atoms with E-state index in [1.54, 1.807) is 0 Å². The van der Waals surface area contributed by atoms with Crippen LogP contribution in [-0.4, -0.2) is 49.3 Å². The molecule has 2 fully saturated rings. The lowest BCUT2D eigenvalue weighted by molar-refractivity contribution is -0.0429. The molecule has 1 aliphatic heterocycles. The van der Waals surface area contributed by atoms with E-state index in [1.165, 1.54) is 116 Å². The van der Waals surface area contributed by atoms with E-state index in [9.17, 15) is 0 Å². The molecule has 31 heavy (non-hydrogen) atoms. The summed E-state index contributed by atoms with van der Waals surface area (Å²) < 4.78 is 6.34. The lowest BCUT2D eigenvalue weighted by atomic mass is 9.87. The summed E-state index contributed by atoms with van der Waals surface area (Å²) in [6.07, 6.45) is 20.8. The molecule has 3 nitrogen and oxygen atoms in total. The van der Waals surface area contributed by atoms with E-state index < -0.39 is 0 Å². The van der Waals surface area contributed by atoms with Crippen molar-refractivity contribution in [1.29, 1.82) is 0 Å². The van der Waals surface area contributed by atoms with Gasteiger partial charge in [0.2, 0.25) is 0 Å². The van der Waals surface area contributed by atoms with E-state index in [1.807, 2.05) is 0 Å². The van der Waals surface area contributed by atoms with E-state index in [4.69, 9.17) is 4.74 Å². The molecule has 1 heterocycles. The van der Waals surface area contributed by atoms with Crippen LogP contribution in [-0.2, 0) is 4.74 Å². The average Bonchev–Trinajstić information content (AvgIpc) is 2.74. The number of rotatable bonds is 18. The molecule has 0 spiro atoms. The largest absolute Gasteiger partial charge is 0.378 e. The minimum absolute atomic E-state index is 0.525. The van der Waals surface area contributed by atoms with Crippen LogP contribution in [0.1, 0.15) is 124 Å². The Morgan fingerprint density at radius 2 is 1.45 bits per heavy atom. The number of unbranched alkanes of at least 4 members (excludes halogenated alkanes) is 5. The van der Waals surface area contributed by atoms with Crippen LogP contribution >= 0.6 is 0 Å². The summed E-state index contributed by atoms with van der Waals surface area (Å²) in [6.45, 7) is 14.3. The Balaban J connectivity index is 1.54. The van der Waals surface area contributed by atoms with E-state index >= 15 is 0 Å². The molecule has 1 saturated carbocycles. The van der Waals surface area contributed by atoms with Crippen LogP contribution in [0.5, 0.6) is 0 Å². The maximum absolute atomic E-state index is 6.34. The molecule has 0 aromatic rings. The highest BCUT2D eigenvalue weighted by molar-refractivity contribution is 4.89. The second-order valence-corrected chi connectivity index (χ2v) is 11.0. The Hall–Kier alpha value is -0.120. The molecular weight excluding hydrogens is 380 g/mol. The SMILES string of the molecule is CCCCCC(CCCCC)N[C@H]1C[C@H](OCC2CCN(CC(C)CCCC)CC2)C1. The number of hydrogen-bond donors (Lipinski definition) is 1. The van der Waals surface area contributed by atoms with Crippen molar-refractivity contribution in [2.45, 2.75) is 142 Å². The molecule has 0 aromatic heterocycles. The van der Waals surface area contributed by atoms with Gasteiger partial charge >= 0.3 is 0 Å². The fourth-order valence-corrected chi connectivity index (χ4v) is 5.46. The number of ether oxygens (including phenoxy) is 1. The Morgan fingerprint density at radius 3 is 2.03 bits per heavy atom. The zero-order chi connectivity index (χ0) is 22.3. The summed E-state index contributed by atoms with van der Waals surface area (Å²) in [5.41, 5.74) is 0. The van der Waals surface area contributed by atoms with Crippen molar-refractivity contribution in [2.24, 2.45) is 11.8 Å². The highest BCUT2D eigenvalue weighted by Gasteiger charge is 2.32. The van der Waals surface area contributed by atoms with Crippen molar-refractivity contribution < 1.29 is 4.74 Å². The van der Waals surface area contributed by atoms with Gasteiger partial charge < -0.3 is 15.0 Å². The van der Waals surface area contributed by atoms with Gasteiger partial charge in [0.05, 0.1) is 6.10 Å². The lowest BCUT2D eigenvalue weighted by Gasteiger charge is -2.40. The van der Waals surface area contributed by atoms with E-state index in [0.717, 1.165) is 24.5 Å². The third-order valence-electron chi connectivity index (χ3n) is 7.77. The summed E-state index contributed by atoms with van der Waals surface area (Å²) in [5.74, 6) is 1.66. The molecule has 0 radical (unpaired) electrons. The second kappa shape index (κ2) is 16.5. The average molecular weight is 437 g/mol. The Kier molecular flexibility index (Phi) is 14.4. The lowest BCUT2D eigenvalue weighted by Crippen LogP contribution is -2.50. The predicted molar refractivity (Wildman–Crippen MR) is 136 cm³/mol. The molecule has 2 rings (SSSR count). The van der Waals surface area contributed by atoms with Gasteiger partial charge in [-0.15, -0.1) is 0 Å². The number of hydrogen-bond acceptors (Lipinski definition) is 3. The van der Waals surface area contributed by atoms with Gasteiger partial charge in [-0.05, 0) is 69.9 Å². The van der Waals surface area contributed by atoms with Crippen LogP contribution in [0, 0.1) is 11.8 Å². The Morgan fingerprint density at radius 1 is 0.839 bits per heavy atom. The molecule has 0 bridgehead atoms. The molecule has 1 atom stereocenters. The van der Waals surface area contributed by atoms with Gasteiger partial charge in [-0.25, -0.2) is 0 Å². The summed E-state index contributed by atoms with van der Waals surface area (Å²) >= 11 is 0. The number of likely N-dealkylation sites (tertiary alicyclic amines) is 1. The first-order chi connectivity index (χ1) is 15.1. The second-order valence-electron chi connectivity index (χ2n) is 11.0. The normalized spacial score (nSPS) is 23.9. The first-order valence-electron chi connectivity index (χ1n) is 14.2. The van der Waals surface area contributed by atoms with E-state index in [-0.39, 0.29) is 0 Å². The van der Waals surface area contributed by atoms with Gasteiger partial charge in [0.25, 0.3) is 0 Å². The quantitative estimate of drug-likeness (QED) is 0.230. The molecule has 2 aliphatic rings. The van der Waals surface area contributed by atoms with Crippen LogP contribution < -0.4 is 5.32 Å². The minimum atomic E-state index is 0.525. The van der Waals surface area contributed by atoms with Crippen LogP contribution in [0.4, 0.5) is 0 Å². The Labute approximate surface area is 195 Å². The third kappa shape index (κ3) is 11.5. The molecule has 0 aromatic carbocycles. The van der Waals surface area contributed by atoms with Gasteiger partial charge in [-0.2, -0.15) is 0 Å². The maximum atomic E-state index is 6.34. The van der Waals surface area contributed by atoms with Gasteiger partial charge in [-0.3, -0.25) is 0 Å². The fourth-order valence-electron chi connectivity index (χ4n) is 5.46. The van der Waals surface area contributed by atoms with Crippen molar-refractivity contribution in [3.63, 3.8) is 0 Å². The van der Waals surface area contributed by atoms with Crippen LogP contribution in [0.25, 0.3) is 0 Å². The summed E-state index contributed by atoms with van der Waals surface area (Å²) in [4.78, 5) is 2.71. The molecule has 1 unspecified atom stereocenters. The summed E-state index contributed by atoms with van der Waals surface area (Å²) in [5, 5.41) is 3.99. The minimum Gasteiger partial charge on any atom is -0.378 e. The topological polar surface area (TPSA) is 24.5 Å². The molecule has 184 valence electrons. The van der Waals surface area contributed by atoms with Gasteiger partial charge in [0.1, 0.15) is 0 Å². The fraction of sp³-hybridized carbons (Fsp3) is 1.00. The zero-order valence-corrected chi connectivity index (χ0v) is 21.7. The molecule has 1 N–H and O–H groups in total. The summed E-state index contributed by atoms with van der Waals surface area (Å²) in [6, 6.07) is 1.46. The number of piperidine rings is 1. The number of nitrogens with one attached hydrogen (secondary N) is 1. The van der Waals surface area contributed by atoms with E-state index in [2.05, 4.69) is 37.9 Å². The maximum Gasteiger partial charge on any atom is 0.0605 e. The Bertz CT molecular complexity index is 405. The molecule has 0 amide bonds. The third-order valence-corrected chi connectivity index (χ3v) is 7.77. The standard InChI is InChI=1S/C28H56N2O/c1-5-8-11-14-26(15-12-9-6-2)29-27-20-28(21-27)31-23-25-16-18-30(19-17-25)22-24(4)13-10-7-3/h24-29H,5-23H2,1-4H3/t24?,27-,28-. The van der Waals surface area contributed by atoms with Crippen LogP contribution in [0.2, 0.25) is 0 Å².